The highest BCUT2D eigenvalue weighted by molar-refractivity contribution is 7.14. The van der Waals surface area contributed by atoms with E-state index >= 15 is 0 Å². The fraction of sp³-hybridized carbons (Fsp3) is 0.556. The molecule has 0 saturated carbocycles. The Morgan fingerprint density at radius 3 is 2.74 bits per heavy atom. The average molecular weight is 351 g/mol. The number of hydrogen-bond donors (Lipinski definition) is 1. The normalized spacial score (nSPS) is 11.1. The lowest BCUT2D eigenvalue weighted by molar-refractivity contribution is -0.114. The van der Waals surface area contributed by atoms with Crippen LogP contribution in [0.5, 0.6) is 0 Å². The van der Waals surface area contributed by atoms with Crippen molar-refractivity contribution in [3.8, 4) is 0 Å². The third-order valence-electron chi connectivity index (χ3n) is 3.67. The van der Waals surface area contributed by atoms with E-state index in [2.05, 4.69) is 35.6 Å². The molecule has 1 N–H and O–H groups in total. The van der Waals surface area contributed by atoms with E-state index in [1.54, 1.807) is 0 Å². The fourth-order valence-corrected chi connectivity index (χ4v) is 4.17. The van der Waals surface area contributed by atoms with Gasteiger partial charge in [0.15, 0.2) is 5.13 Å². The van der Waals surface area contributed by atoms with E-state index in [9.17, 15) is 4.79 Å². The van der Waals surface area contributed by atoms with Gasteiger partial charge in [-0.2, -0.15) is 0 Å². The Labute approximate surface area is 147 Å². The molecular weight excluding hydrogens is 324 g/mol. The Kier molecular flexibility index (Phi) is 7.24. The van der Waals surface area contributed by atoms with Crippen molar-refractivity contribution in [2.24, 2.45) is 5.92 Å². The monoisotopic (exact) mass is 350 g/mol. The highest BCUT2D eigenvalue weighted by Gasteiger charge is 2.06. The van der Waals surface area contributed by atoms with Gasteiger partial charge in [0.2, 0.25) is 5.91 Å². The van der Waals surface area contributed by atoms with Gasteiger partial charge in [-0.3, -0.25) is 4.79 Å². The van der Waals surface area contributed by atoms with Gasteiger partial charge in [0.25, 0.3) is 0 Å². The number of carbonyl (C=O) groups excluding carboxylic acids is 1. The molecule has 5 heteroatoms. The standard InChI is InChI=1S/C18H26N2OS2/c1-13(2)6-4-5-7-15-10-17(22-11-15)9-8-16-12-23-18(20-16)19-14(3)21/h10-13H,4-9H2,1-3H3,(H,19,20,21). The number of amides is 1. The molecule has 0 aliphatic heterocycles. The molecule has 0 atom stereocenters. The minimum absolute atomic E-state index is 0.0636. The Hall–Kier alpha value is -1.20. The number of nitrogens with zero attached hydrogens (tertiary/aromatic N) is 1. The number of thiazole rings is 1. The van der Waals surface area contributed by atoms with Crippen molar-refractivity contribution in [1.82, 2.24) is 4.98 Å². The maximum absolute atomic E-state index is 11.0. The van der Waals surface area contributed by atoms with Gasteiger partial charge in [0, 0.05) is 17.2 Å². The van der Waals surface area contributed by atoms with Gasteiger partial charge >= 0.3 is 0 Å². The van der Waals surface area contributed by atoms with Gasteiger partial charge in [-0.15, -0.1) is 22.7 Å². The van der Waals surface area contributed by atoms with Gasteiger partial charge < -0.3 is 5.32 Å². The molecule has 2 rings (SSSR count). The molecule has 1 amide bonds. The van der Waals surface area contributed by atoms with E-state index in [4.69, 9.17) is 0 Å². The van der Waals surface area contributed by atoms with Gasteiger partial charge in [-0.25, -0.2) is 4.98 Å². The molecule has 0 fully saturated rings. The van der Waals surface area contributed by atoms with Crippen molar-refractivity contribution in [3.63, 3.8) is 0 Å². The molecule has 0 bridgehead atoms. The molecule has 0 aliphatic rings. The highest BCUT2D eigenvalue weighted by atomic mass is 32.1. The van der Waals surface area contributed by atoms with E-state index in [0.717, 1.165) is 24.5 Å². The van der Waals surface area contributed by atoms with Gasteiger partial charge in [-0.05, 0) is 48.6 Å². The number of hydrogen-bond acceptors (Lipinski definition) is 4. The topological polar surface area (TPSA) is 42.0 Å². The van der Waals surface area contributed by atoms with E-state index in [1.165, 1.54) is 54.4 Å². The summed E-state index contributed by atoms with van der Waals surface area (Å²) in [5.74, 6) is 0.750. The number of aromatic nitrogens is 1. The maximum atomic E-state index is 11.0. The van der Waals surface area contributed by atoms with Crippen LogP contribution in [0.25, 0.3) is 0 Å². The first-order valence-electron chi connectivity index (χ1n) is 8.31. The summed E-state index contributed by atoms with van der Waals surface area (Å²) in [6, 6.07) is 2.35. The van der Waals surface area contributed by atoms with E-state index in [1.807, 2.05) is 16.7 Å². The van der Waals surface area contributed by atoms with Crippen LogP contribution in [0, 0.1) is 5.92 Å². The van der Waals surface area contributed by atoms with Gasteiger partial charge in [0.05, 0.1) is 5.69 Å². The molecule has 0 aliphatic carbocycles. The molecular formula is C18H26N2OS2. The summed E-state index contributed by atoms with van der Waals surface area (Å²) in [6.45, 7) is 6.09. The number of carbonyl (C=O) groups is 1. The summed E-state index contributed by atoms with van der Waals surface area (Å²) < 4.78 is 0. The van der Waals surface area contributed by atoms with Crippen LogP contribution in [0.15, 0.2) is 16.8 Å². The molecule has 0 radical (unpaired) electrons. The molecule has 3 nitrogen and oxygen atoms in total. The lowest BCUT2D eigenvalue weighted by atomic mass is 10.0. The molecule has 2 aromatic heterocycles. The summed E-state index contributed by atoms with van der Waals surface area (Å²) in [4.78, 5) is 16.9. The van der Waals surface area contributed by atoms with Crippen molar-refractivity contribution in [1.29, 1.82) is 0 Å². The predicted molar refractivity (Wildman–Crippen MR) is 101 cm³/mol. The fourth-order valence-electron chi connectivity index (χ4n) is 2.45. The van der Waals surface area contributed by atoms with Gasteiger partial charge in [-0.1, -0.05) is 26.7 Å². The van der Waals surface area contributed by atoms with Crippen LogP contribution in [-0.4, -0.2) is 10.9 Å². The Morgan fingerprint density at radius 1 is 1.17 bits per heavy atom. The summed E-state index contributed by atoms with van der Waals surface area (Å²) in [5.41, 5.74) is 2.54. The number of rotatable bonds is 9. The first-order chi connectivity index (χ1) is 11.0. The summed E-state index contributed by atoms with van der Waals surface area (Å²) in [7, 11) is 0. The number of thiophene rings is 1. The molecule has 0 unspecified atom stereocenters. The third kappa shape index (κ3) is 6.83. The Balaban J connectivity index is 1.73. The van der Waals surface area contributed by atoms with Crippen LogP contribution in [-0.2, 0) is 24.1 Å². The Morgan fingerprint density at radius 2 is 2.00 bits per heavy atom. The van der Waals surface area contributed by atoms with Crippen LogP contribution >= 0.6 is 22.7 Å². The molecule has 23 heavy (non-hydrogen) atoms. The Bertz CT molecular complexity index is 616. The SMILES string of the molecule is CC(=O)Nc1nc(CCc2cc(CCCCC(C)C)cs2)cs1. The van der Waals surface area contributed by atoms with Crippen LogP contribution < -0.4 is 5.32 Å². The largest absolute Gasteiger partial charge is 0.302 e. The zero-order chi connectivity index (χ0) is 16.7. The summed E-state index contributed by atoms with van der Waals surface area (Å²) >= 11 is 3.35. The second-order valence-corrected chi connectivity index (χ2v) is 8.24. The lowest BCUT2D eigenvalue weighted by Gasteiger charge is -2.02. The molecule has 2 heterocycles. The number of aryl methyl sites for hydroxylation is 3. The van der Waals surface area contributed by atoms with Crippen molar-refractivity contribution < 1.29 is 4.79 Å². The maximum Gasteiger partial charge on any atom is 0.223 e. The van der Waals surface area contributed by atoms with Crippen molar-refractivity contribution in [2.75, 3.05) is 5.32 Å². The second-order valence-electron chi connectivity index (χ2n) is 6.39. The number of nitrogens with one attached hydrogen (secondary N) is 1. The average Bonchev–Trinajstić information content (AvgIpc) is 3.10. The molecule has 126 valence electrons. The molecule has 0 saturated heterocycles. The quantitative estimate of drug-likeness (QED) is 0.622. The zero-order valence-electron chi connectivity index (χ0n) is 14.2. The van der Waals surface area contributed by atoms with Crippen molar-refractivity contribution in [2.45, 2.75) is 59.3 Å². The zero-order valence-corrected chi connectivity index (χ0v) is 15.9. The van der Waals surface area contributed by atoms with Crippen molar-refractivity contribution in [3.05, 3.63) is 33.0 Å². The first kappa shape index (κ1) is 18.1. The molecule has 2 aromatic rings. The summed E-state index contributed by atoms with van der Waals surface area (Å²) in [6.07, 6.45) is 7.11. The van der Waals surface area contributed by atoms with E-state index in [0.29, 0.717) is 5.13 Å². The smallest absolute Gasteiger partial charge is 0.223 e. The first-order valence-corrected chi connectivity index (χ1v) is 10.1. The van der Waals surface area contributed by atoms with Crippen LogP contribution in [0.1, 0.15) is 56.2 Å². The second kappa shape index (κ2) is 9.18. The van der Waals surface area contributed by atoms with E-state index < -0.39 is 0 Å². The van der Waals surface area contributed by atoms with Crippen LogP contribution in [0.3, 0.4) is 0 Å². The van der Waals surface area contributed by atoms with Crippen LogP contribution in [0.4, 0.5) is 5.13 Å². The highest BCUT2D eigenvalue weighted by Crippen LogP contribution is 2.21. The van der Waals surface area contributed by atoms with Crippen molar-refractivity contribution >= 4 is 33.7 Å². The minimum Gasteiger partial charge on any atom is -0.302 e. The van der Waals surface area contributed by atoms with Crippen LogP contribution in [0.2, 0.25) is 0 Å². The lowest BCUT2D eigenvalue weighted by Crippen LogP contribution is -2.05. The van der Waals surface area contributed by atoms with E-state index in [-0.39, 0.29) is 5.91 Å². The molecule has 0 spiro atoms. The molecule has 0 aromatic carbocycles. The summed E-state index contributed by atoms with van der Waals surface area (Å²) in [5, 5.41) is 7.77. The number of unbranched alkanes of at least 4 members (excludes halogenated alkanes) is 1. The minimum atomic E-state index is -0.0636. The van der Waals surface area contributed by atoms with Gasteiger partial charge in [0.1, 0.15) is 0 Å². The predicted octanol–water partition coefficient (Wildman–Crippen LogP) is 5.32. The third-order valence-corrected chi connectivity index (χ3v) is 5.52. The number of anilines is 1.